The highest BCUT2D eigenvalue weighted by molar-refractivity contribution is 5.85. The van der Waals surface area contributed by atoms with Crippen molar-refractivity contribution in [1.82, 2.24) is 14.9 Å². The van der Waals surface area contributed by atoms with Gasteiger partial charge in [0.1, 0.15) is 11.0 Å². The number of likely N-dealkylation sites (N-methyl/N-ethyl adjacent to an activating group) is 1. The molecule has 0 aliphatic heterocycles. The fourth-order valence-corrected chi connectivity index (χ4v) is 3.24. The molecule has 2 aromatic heterocycles. The predicted molar refractivity (Wildman–Crippen MR) is 115 cm³/mol. The minimum atomic E-state index is -0.350. The Morgan fingerprint density at radius 3 is 2.55 bits per heavy atom. The van der Waals surface area contributed by atoms with Gasteiger partial charge in [-0.2, -0.15) is 9.97 Å². The number of hydrogen-bond donors (Lipinski definition) is 2. The molecule has 162 valence electrons. The van der Waals surface area contributed by atoms with Gasteiger partial charge in [-0.25, -0.2) is 0 Å². The fraction of sp³-hybridized carbons (Fsp3) is 0.318. The van der Waals surface area contributed by atoms with E-state index in [9.17, 15) is 4.79 Å². The van der Waals surface area contributed by atoms with Crippen molar-refractivity contribution in [3.05, 3.63) is 48.0 Å². The molecule has 4 aromatic rings. The zero-order valence-corrected chi connectivity index (χ0v) is 17.4. The number of fused-ring (bicyclic) bond motifs is 2. The molecule has 0 fully saturated rings. The van der Waals surface area contributed by atoms with Gasteiger partial charge < -0.3 is 23.6 Å². The number of aliphatic hydroxyl groups excluding tert-OH is 1. The first kappa shape index (κ1) is 20.8. The van der Waals surface area contributed by atoms with Crippen molar-refractivity contribution < 1.29 is 23.5 Å². The molecule has 4 rings (SSSR count). The van der Waals surface area contributed by atoms with Crippen LogP contribution in [0.15, 0.2) is 51.3 Å². The van der Waals surface area contributed by atoms with Crippen LogP contribution >= 0.6 is 0 Å². The van der Waals surface area contributed by atoms with E-state index < -0.39 is 0 Å². The van der Waals surface area contributed by atoms with E-state index in [0.717, 1.165) is 11.1 Å². The van der Waals surface area contributed by atoms with E-state index in [4.69, 9.17) is 18.7 Å². The first-order valence-corrected chi connectivity index (χ1v) is 10.0. The van der Waals surface area contributed by atoms with E-state index in [1.807, 2.05) is 43.3 Å². The van der Waals surface area contributed by atoms with Crippen molar-refractivity contribution in [3.8, 4) is 0 Å². The van der Waals surface area contributed by atoms with Crippen molar-refractivity contribution in [2.45, 2.75) is 12.8 Å². The number of aliphatic hydroxyl groups is 1. The van der Waals surface area contributed by atoms with Crippen LogP contribution in [0.25, 0.3) is 22.2 Å². The highest BCUT2D eigenvalue weighted by Crippen LogP contribution is 2.27. The number of rotatable bonds is 9. The Bertz CT molecular complexity index is 1150. The predicted octanol–water partition coefficient (Wildman–Crippen LogP) is 3.28. The molecule has 2 heterocycles. The van der Waals surface area contributed by atoms with Crippen LogP contribution in [0, 0.1) is 0 Å². The number of carbonyl (C=O) groups is 1. The van der Waals surface area contributed by atoms with E-state index in [1.165, 1.54) is 0 Å². The van der Waals surface area contributed by atoms with E-state index in [-0.39, 0.29) is 31.1 Å². The van der Waals surface area contributed by atoms with E-state index in [0.29, 0.717) is 35.8 Å². The molecule has 9 heteroatoms. The molecule has 0 aliphatic carbocycles. The van der Waals surface area contributed by atoms with E-state index >= 15 is 0 Å². The Labute approximate surface area is 178 Å². The van der Waals surface area contributed by atoms with E-state index in [1.54, 1.807) is 18.0 Å². The summed E-state index contributed by atoms with van der Waals surface area (Å²) in [7, 11) is 1.73. The van der Waals surface area contributed by atoms with Gasteiger partial charge in [0, 0.05) is 13.6 Å². The molecular weight excluding hydrogens is 400 g/mol. The molecule has 9 nitrogen and oxygen atoms in total. The monoisotopic (exact) mass is 424 g/mol. The summed E-state index contributed by atoms with van der Waals surface area (Å²) < 4.78 is 16.6. The lowest BCUT2D eigenvalue weighted by molar-refractivity contribution is -0.131. The van der Waals surface area contributed by atoms with Gasteiger partial charge in [0.05, 0.1) is 25.7 Å². The van der Waals surface area contributed by atoms with Crippen LogP contribution in [0.3, 0.4) is 0 Å². The topological polar surface area (TPSA) is 114 Å². The maximum Gasteiger partial charge on any atom is 0.303 e. The summed E-state index contributed by atoms with van der Waals surface area (Å²) >= 11 is 0. The largest absolute Gasteiger partial charge is 0.423 e. The number of para-hydroxylation sites is 2. The first-order chi connectivity index (χ1) is 15.0. The standard InChI is InChI=1S/C22H24N4O5/c1-14(20(28)26(2)9-11-29-12-10-27)15-7-8-19-17(13-15)24-22(31-19)25-21-23-16-5-3-4-6-18(16)30-21/h3-8,13-14,27H,9-12H2,1-2H3,(H,23,24,25)/t14-/m1/s1. The number of nitrogens with zero attached hydrogens (tertiary/aromatic N) is 3. The van der Waals surface area contributed by atoms with Gasteiger partial charge in [-0.15, -0.1) is 0 Å². The molecule has 0 radical (unpaired) electrons. The van der Waals surface area contributed by atoms with Crippen molar-refractivity contribution >= 4 is 40.1 Å². The second-order valence-electron chi connectivity index (χ2n) is 7.18. The number of anilines is 2. The lowest BCUT2D eigenvalue weighted by atomic mass is 9.99. The number of carbonyl (C=O) groups excluding carboxylic acids is 1. The Morgan fingerprint density at radius 2 is 1.81 bits per heavy atom. The molecule has 1 amide bonds. The van der Waals surface area contributed by atoms with Crippen molar-refractivity contribution in [1.29, 1.82) is 0 Å². The molecule has 0 aliphatic rings. The molecule has 1 atom stereocenters. The van der Waals surface area contributed by atoms with Crippen LogP contribution in [0.5, 0.6) is 0 Å². The van der Waals surface area contributed by atoms with Gasteiger partial charge in [-0.1, -0.05) is 18.2 Å². The van der Waals surface area contributed by atoms with Gasteiger partial charge in [-0.05, 0) is 36.8 Å². The smallest absolute Gasteiger partial charge is 0.303 e. The Morgan fingerprint density at radius 1 is 1.10 bits per heavy atom. The van der Waals surface area contributed by atoms with Crippen molar-refractivity contribution in [2.75, 3.05) is 38.7 Å². The number of ether oxygens (including phenoxy) is 1. The Hall–Kier alpha value is -3.43. The summed E-state index contributed by atoms with van der Waals surface area (Å²) in [4.78, 5) is 23.1. The highest BCUT2D eigenvalue weighted by Gasteiger charge is 2.20. The number of hydrogen-bond acceptors (Lipinski definition) is 8. The molecule has 2 aromatic carbocycles. The lowest BCUT2D eigenvalue weighted by Crippen LogP contribution is -2.33. The third-order valence-corrected chi connectivity index (χ3v) is 4.97. The number of amides is 1. The summed E-state index contributed by atoms with van der Waals surface area (Å²) in [5, 5.41) is 11.7. The summed E-state index contributed by atoms with van der Waals surface area (Å²) in [6.07, 6.45) is 0. The van der Waals surface area contributed by atoms with Crippen molar-refractivity contribution in [2.24, 2.45) is 0 Å². The summed E-state index contributed by atoms with van der Waals surface area (Å²) in [5.41, 5.74) is 3.46. The molecule has 2 N–H and O–H groups in total. The summed E-state index contributed by atoms with van der Waals surface area (Å²) in [6, 6.07) is 13.5. The van der Waals surface area contributed by atoms with Crippen LogP contribution in [-0.4, -0.2) is 59.3 Å². The Balaban J connectivity index is 1.45. The maximum absolute atomic E-state index is 12.7. The van der Waals surface area contributed by atoms with Gasteiger partial charge >= 0.3 is 12.0 Å². The molecule has 31 heavy (non-hydrogen) atoms. The molecule has 0 saturated heterocycles. The summed E-state index contributed by atoms with van der Waals surface area (Å²) in [6.45, 7) is 2.91. The average molecular weight is 424 g/mol. The molecule has 0 saturated carbocycles. The number of aromatic nitrogens is 2. The maximum atomic E-state index is 12.7. The minimum absolute atomic E-state index is 0.0275. The second kappa shape index (κ2) is 9.15. The second-order valence-corrected chi connectivity index (χ2v) is 7.18. The van der Waals surface area contributed by atoms with Gasteiger partial charge in [0.25, 0.3) is 0 Å². The van der Waals surface area contributed by atoms with E-state index in [2.05, 4.69) is 15.3 Å². The molecule has 0 spiro atoms. The average Bonchev–Trinajstić information content (AvgIpc) is 3.37. The first-order valence-electron chi connectivity index (χ1n) is 10.0. The third kappa shape index (κ3) is 4.68. The number of oxazole rings is 2. The van der Waals surface area contributed by atoms with Crippen LogP contribution in [0.1, 0.15) is 18.4 Å². The molecule has 0 bridgehead atoms. The zero-order valence-electron chi connectivity index (χ0n) is 17.4. The van der Waals surface area contributed by atoms with Crippen molar-refractivity contribution in [3.63, 3.8) is 0 Å². The highest BCUT2D eigenvalue weighted by atomic mass is 16.5. The van der Waals surface area contributed by atoms with Gasteiger partial charge in [0.15, 0.2) is 11.2 Å². The lowest BCUT2D eigenvalue weighted by Gasteiger charge is -2.21. The van der Waals surface area contributed by atoms with Gasteiger partial charge in [0.2, 0.25) is 5.91 Å². The molecule has 0 unspecified atom stereocenters. The zero-order chi connectivity index (χ0) is 21.8. The number of nitrogens with one attached hydrogen (secondary N) is 1. The quantitative estimate of drug-likeness (QED) is 0.394. The fourth-order valence-electron chi connectivity index (χ4n) is 3.24. The number of benzene rings is 2. The van der Waals surface area contributed by atoms with Crippen LogP contribution < -0.4 is 5.32 Å². The van der Waals surface area contributed by atoms with Crippen LogP contribution in [-0.2, 0) is 9.53 Å². The minimum Gasteiger partial charge on any atom is -0.423 e. The van der Waals surface area contributed by atoms with Crippen LogP contribution in [0.2, 0.25) is 0 Å². The Kier molecular flexibility index (Phi) is 6.15. The SMILES string of the molecule is C[C@@H](C(=O)N(C)CCOCCO)c1ccc2oc(Nc3nc4ccccc4o3)nc2c1. The van der Waals surface area contributed by atoms with Crippen LogP contribution in [0.4, 0.5) is 12.0 Å². The normalized spacial score (nSPS) is 12.4. The van der Waals surface area contributed by atoms with Gasteiger partial charge in [-0.3, -0.25) is 10.1 Å². The summed E-state index contributed by atoms with van der Waals surface area (Å²) in [5.74, 6) is -0.377. The third-order valence-electron chi connectivity index (χ3n) is 4.97. The molecular formula is C22H24N4O5.